The second kappa shape index (κ2) is 5.57. The summed E-state index contributed by atoms with van der Waals surface area (Å²) in [5, 5.41) is 0. The lowest BCUT2D eigenvalue weighted by molar-refractivity contribution is -0.125. The maximum Gasteiger partial charge on any atom is 0.182 e. The van der Waals surface area contributed by atoms with Crippen LogP contribution in [0.25, 0.3) is 0 Å². The molecular weight excluding hydrogens is 252 g/mol. The average Bonchev–Trinajstić information content (AvgIpc) is 2.33. The van der Waals surface area contributed by atoms with E-state index in [0.29, 0.717) is 19.5 Å². The Morgan fingerprint density at radius 3 is 2.58 bits per heavy atom. The minimum absolute atomic E-state index is 0.0600. The van der Waals surface area contributed by atoms with Crippen molar-refractivity contribution < 1.29 is 18.4 Å². The number of piperidine rings is 1. The van der Waals surface area contributed by atoms with E-state index in [9.17, 15) is 18.4 Å². The molecule has 3 nitrogen and oxygen atoms in total. The van der Waals surface area contributed by atoms with Gasteiger partial charge in [-0.3, -0.25) is 14.5 Å². The first-order valence-corrected chi connectivity index (χ1v) is 6.21. The number of carbonyl (C=O) groups is 2. The molecule has 0 saturated carbocycles. The first-order valence-electron chi connectivity index (χ1n) is 6.21. The number of carbonyl (C=O) groups excluding carboxylic acids is 2. The van der Waals surface area contributed by atoms with Crippen LogP contribution in [0.4, 0.5) is 8.78 Å². The number of nitrogens with zero attached hydrogens (tertiary/aromatic N) is 1. The van der Waals surface area contributed by atoms with E-state index < -0.39 is 23.0 Å². The third-order valence-electron chi connectivity index (χ3n) is 3.36. The van der Waals surface area contributed by atoms with Gasteiger partial charge in [0.05, 0.1) is 12.1 Å². The SMILES string of the molecule is CC1CN(CC(=O)c2c(F)cccc2F)CCC1=O. The molecule has 1 unspecified atom stereocenters. The van der Waals surface area contributed by atoms with E-state index in [0.717, 1.165) is 12.1 Å². The Morgan fingerprint density at radius 1 is 1.37 bits per heavy atom. The fourth-order valence-electron chi connectivity index (χ4n) is 2.29. The van der Waals surface area contributed by atoms with Crippen molar-refractivity contribution in [1.82, 2.24) is 4.90 Å². The largest absolute Gasteiger partial charge is 0.299 e. The van der Waals surface area contributed by atoms with Crippen LogP contribution >= 0.6 is 0 Å². The van der Waals surface area contributed by atoms with Gasteiger partial charge in [-0.1, -0.05) is 13.0 Å². The molecule has 1 aromatic rings. The van der Waals surface area contributed by atoms with E-state index >= 15 is 0 Å². The Labute approximate surface area is 110 Å². The maximum absolute atomic E-state index is 13.5. The second-order valence-corrected chi connectivity index (χ2v) is 4.87. The number of rotatable bonds is 3. The van der Waals surface area contributed by atoms with E-state index in [1.54, 1.807) is 11.8 Å². The summed E-state index contributed by atoms with van der Waals surface area (Å²) < 4.78 is 26.9. The highest BCUT2D eigenvalue weighted by Crippen LogP contribution is 2.16. The predicted molar refractivity (Wildman–Crippen MR) is 65.9 cm³/mol. The van der Waals surface area contributed by atoms with Crippen molar-refractivity contribution in [3.8, 4) is 0 Å². The van der Waals surface area contributed by atoms with Crippen LogP contribution in [0, 0.1) is 17.6 Å². The summed E-state index contributed by atoms with van der Waals surface area (Å²) in [6.45, 7) is 2.66. The Morgan fingerprint density at radius 2 is 2.00 bits per heavy atom. The maximum atomic E-state index is 13.5. The number of halogens is 2. The second-order valence-electron chi connectivity index (χ2n) is 4.87. The lowest BCUT2D eigenvalue weighted by Crippen LogP contribution is -2.42. The van der Waals surface area contributed by atoms with E-state index in [1.165, 1.54) is 6.07 Å². The third-order valence-corrected chi connectivity index (χ3v) is 3.36. The molecule has 102 valence electrons. The summed E-state index contributed by atoms with van der Waals surface area (Å²) in [7, 11) is 0. The van der Waals surface area contributed by atoms with E-state index in [4.69, 9.17) is 0 Å². The number of likely N-dealkylation sites (tertiary alicyclic amines) is 1. The minimum Gasteiger partial charge on any atom is -0.299 e. The number of benzene rings is 1. The van der Waals surface area contributed by atoms with Gasteiger partial charge in [0.1, 0.15) is 17.4 Å². The van der Waals surface area contributed by atoms with Crippen molar-refractivity contribution in [3.05, 3.63) is 35.4 Å². The molecule has 0 amide bonds. The van der Waals surface area contributed by atoms with Gasteiger partial charge in [0.2, 0.25) is 0 Å². The number of Topliss-reactive ketones (excluding diaryl/α,β-unsaturated/α-hetero) is 2. The summed E-state index contributed by atoms with van der Waals surface area (Å²) in [6, 6.07) is 3.36. The van der Waals surface area contributed by atoms with Crippen LogP contribution in [0.2, 0.25) is 0 Å². The van der Waals surface area contributed by atoms with Gasteiger partial charge in [-0.2, -0.15) is 0 Å². The van der Waals surface area contributed by atoms with E-state index in [-0.39, 0.29) is 18.2 Å². The monoisotopic (exact) mass is 267 g/mol. The van der Waals surface area contributed by atoms with Gasteiger partial charge in [0.15, 0.2) is 5.78 Å². The van der Waals surface area contributed by atoms with Crippen LogP contribution in [0.3, 0.4) is 0 Å². The van der Waals surface area contributed by atoms with Crippen LogP contribution in [-0.2, 0) is 4.79 Å². The molecule has 5 heteroatoms. The molecule has 0 bridgehead atoms. The molecule has 2 rings (SSSR count). The van der Waals surface area contributed by atoms with E-state index in [1.807, 2.05) is 0 Å². The van der Waals surface area contributed by atoms with Gasteiger partial charge >= 0.3 is 0 Å². The molecular formula is C14H15F2NO2. The lowest BCUT2D eigenvalue weighted by atomic mass is 9.98. The molecule has 1 saturated heterocycles. The summed E-state index contributed by atoms with van der Waals surface area (Å²) in [5.74, 6) is -2.23. The van der Waals surface area contributed by atoms with Gasteiger partial charge in [0.25, 0.3) is 0 Å². The molecule has 0 aliphatic carbocycles. The number of hydrogen-bond donors (Lipinski definition) is 0. The normalized spacial score (nSPS) is 20.6. The quantitative estimate of drug-likeness (QED) is 0.787. The van der Waals surface area contributed by atoms with Gasteiger partial charge < -0.3 is 0 Å². The molecule has 1 atom stereocenters. The molecule has 1 aromatic carbocycles. The summed E-state index contributed by atoms with van der Waals surface area (Å²) in [5.41, 5.74) is -0.493. The topological polar surface area (TPSA) is 37.4 Å². The zero-order chi connectivity index (χ0) is 14.0. The fourth-order valence-corrected chi connectivity index (χ4v) is 2.29. The van der Waals surface area contributed by atoms with Crippen molar-refractivity contribution in [3.63, 3.8) is 0 Å². The van der Waals surface area contributed by atoms with Crippen molar-refractivity contribution in [1.29, 1.82) is 0 Å². The smallest absolute Gasteiger partial charge is 0.182 e. The average molecular weight is 267 g/mol. The third kappa shape index (κ3) is 3.04. The molecule has 0 aromatic heterocycles. The number of hydrogen-bond acceptors (Lipinski definition) is 3. The predicted octanol–water partition coefficient (Wildman–Crippen LogP) is 2.06. The molecule has 1 heterocycles. The highest BCUT2D eigenvalue weighted by molar-refractivity contribution is 5.98. The Balaban J connectivity index is 2.08. The standard InChI is InChI=1S/C14H15F2NO2/c1-9-7-17(6-5-12(9)18)8-13(19)14-10(15)3-2-4-11(14)16/h2-4,9H,5-8H2,1H3. The first kappa shape index (κ1) is 13.8. The Bertz CT molecular complexity index is 496. The molecule has 1 aliphatic heterocycles. The lowest BCUT2D eigenvalue weighted by Gasteiger charge is -2.29. The highest BCUT2D eigenvalue weighted by atomic mass is 19.1. The molecule has 0 radical (unpaired) electrons. The molecule has 0 N–H and O–H groups in total. The fraction of sp³-hybridized carbons (Fsp3) is 0.429. The van der Waals surface area contributed by atoms with Crippen molar-refractivity contribution in [2.24, 2.45) is 5.92 Å². The van der Waals surface area contributed by atoms with Gasteiger partial charge in [-0.15, -0.1) is 0 Å². The van der Waals surface area contributed by atoms with Crippen LogP contribution in [0.15, 0.2) is 18.2 Å². The zero-order valence-electron chi connectivity index (χ0n) is 10.7. The molecule has 1 fully saturated rings. The van der Waals surface area contributed by atoms with Gasteiger partial charge in [-0.25, -0.2) is 8.78 Å². The summed E-state index contributed by atoms with van der Waals surface area (Å²) >= 11 is 0. The highest BCUT2D eigenvalue weighted by Gasteiger charge is 2.26. The van der Waals surface area contributed by atoms with Crippen molar-refractivity contribution in [2.45, 2.75) is 13.3 Å². The Hall–Kier alpha value is -1.62. The van der Waals surface area contributed by atoms with Crippen LogP contribution in [0.5, 0.6) is 0 Å². The molecule has 1 aliphatic rings. The van der Waals surface area contributed by atoms with E-state index in [2.05, 4.69) is 0 Å². The summed E-state index contributed by atoms with van der Waals surface area (Å²) in [4.78, 5) is 25.1. The first-order chi connectivity index (χ1) is 8.99. The molecule has 0 spiro atoms. The van der Waals surface area contributed by atoms with Crippen LogP contribution in [0.1, 0.15) is 23.7 Å². The zero-order valence-corrected chi connectivity index (χ0v) is 10.7. The minimum atomic E-state index is -0.842. The van der Waals surface area contributed by atoms with Crippen LogP contribution in [-0.4, -0.2) is 36.1 Å². The van der Waals surface area contributed by atoms with Gasteiger partial charge in [0, 0.05) is 25.4 Å². The summed E-state index contributed by atoms with van der Waals surface area (Å²) in [6.07, 6.45) is 0.383. The van der Waals surface area contributed by atoms with Crippen LogP contribution < -0.4 is 0 Å². The molecule has 19 heavy (non-hydrogen) atoms. The number of ketones is 2. The van der Waals surface area contributed by atoms with Crippen molar-refractivity contribution >= 4 is 11.6 Å². The van der Waals surface area contributed by atoms with Gasteiger partial charge in [-0.05, 0) is 12.1 Å². The van der Waals surface area contributed by atoms with Crippen molar-refractivity contribution in [2.75, 3.05) is 19.6 Å². The Kier molecular flexibility index (Phi) is 4.04.